The van der Waals surface area contributed by atoms with Gasteiger partial charge in [-0.25, -0.2) is 0 Å². The average Bonchev–Trinajstić information content (AvgIpc) is 2.25. The largest absolute Gasteiger partial charge is 0.507 e. The van der Waals surface area contributed by atoms with Crippen LogP contribution in [0.25, 0.3) is 0 Å². The highest BCUT2D eigenvalue weighted by Gasteiger charge is 2.17. The number of nitrogens with two attached hydrogens (primary N) is 1. The molecule has 1 unspecified atom stereocenters. The van der Waals surface area contributed by atoms with Gasteiger partial charge in [0, 0.05) is 12.5 Å². The SMILES string of the molecule is COc1cccc(O)c1C(N)CCC(=O)O. The maximum Gasteiger partial charge on any atom is 0.303 e. The standard InChI is InChI=1S/C11H15NO4/c1-16-9-4-2-3-8(13)11(9)7(12)5-6-10(14)15/h2-4,7,13H,5-6,12H2,1H3,(H,14,15). The second-order valence-electron chi connectivity index (χ2n) is 3.43. The molecule has 1 aromatic carbocycles. The lowest BCUT2D eigenvalue weighted by Gasteiger charge is -2.16. The van der Waals surface area contributed by atoms with E-state index in [-0.39, 0.29) is 18.6 Å². The zero-order valence-corrected chi connectivity index (χ0v) is 9.01. The molecule has 5 heteroatoms. The molecule has 88 valence electrons. The molecule has 0 aliphatic rings. The van der Waals surface area contributed by atoms with Gasteiger partial charge in [-0.15, -0.1) is 0 Å². The first-order valence-corrected chi connectivity index (χ1v) is 4.89. The number of benzene rings is 1. The minimum absolute atomic E-state index is 0.0252. The van der Waals surface area contributed by atoms with E-state index in [1.165, 1.54) is 13.2 Å². The molecule has 0 saturated heterocycles. The predicted molar refractivity (Wildman–Crippen MR) is 58.5 cm³/mol. The van der Waals surface area contributed by atoms with E-state index in [0.717, 1.165) is 0 Å². The van der Waals surface area contributed by atoms with Gasteiger partial charge in [0.25, 0.3) is 0 Å². The Morgan fingerprint density at radius 3 is 2.81 bits per heavy atom. The molecule has 0 bridgehead atoms. The number of hydrogen-bond donors (Lipinski definition) is 3. The molecule has 0 aromatic heterocycles. The van der Waals surface area contributed by atoms with Crippen LogP contribution in [0.15, 0.2) is 18.2 Å². The van der Waals surface area contributed by atoms with Gasteiger partial charge in [0.15, 0.2) is 0 Å². The monoisotopic (exact) mass is 225 g/mol. The molecule has 0 saturated carbocycles. The first kappa shape index (κ1) is 12.3. The van der Waals surface area contributed by atoms with Gasteiger partial charge in [-0.05, 0) is 18.6 Å². The van der Waals surface area contributed by atoms with Crippen molar-refractivity contribution in [3.05, 3.63) is 23.8 Å². The maximum atomic E-state index is 10.4. The molecule has 0 aliphatic heterocycles. The fraction of sp³-hybridized carbons (Fsp3) is 0.364. The van der Waals surface area contributed by atoms with Crippen molar-refractivity contribution >= 4 is 5.97 Å². The molecule has 0 radical (unpaired) electrons. The Balaban J connectivity index is 2.88. The Labute approximate surface area is 93.5 Å². The number of carbonyl (C=O) groups is 1. The van der Waals surface area contributed by atoms with E-state index in [9.17, 15) is 9.90 Å². The van der Waals surface area contributed by atoms with Gasteiger partial charge in [0.2, 0.25) is 0 Å². The van der Waals surface area contributed by atoms with Crippen LogP contribution in [0.1, 0.15) is 24.4 Å². The molecule has 0 heterocycles. The topological polar surface area (TPSA) is 92.8 Å². The molecule has 1 atom stereocenters. The second kappa shape index (κ2) is 5.37. The third-order valence-electron chi connectivity index (χ3n) is 2.30. The Morgan fingerprint density at radius 1 is 1.56 bits per heavy atom. The van der Waals surface area contributed by atoms with E-state index < -0.39 is 12.0 Å². The van der Waals surface area contributed by atoms with Crippen LogP contribution in [0, 0.1) is 0 Å². The molecule has 5 nitrogen and oxygen atoms in total. The number of methoxy groups -OCH3 is 1. The highest BCUT2D eigenvalue weighted by molar-refractivity contribution is 5.66. The van der Waals surface area contributed by atoms with Gasteiger partial charge in [-0.1, -0.05) is 6.07 Å². The molecule has 1 rings (SSSR count). The average molecular weight is 225 g/mol. The van der Waals surface area contributed by atoms with Crippen molar-refractivity contribution in [1.29, 1.82) is 0 Å². The number of aromatic hydroxyl groups is 1. The number of phenols is 1. The minimum Gasteiger partial charge on any atom is -0.507 e. The van der Waals surface area contributed by atoms with Crippen LogP contribution >= 0.6 is 0 Å². The predicted octanol–water partition coefficient (Wildman–Crippen LogP) is 1.27. The van der Waals surface area contributed by atoms with Crippen molar-refractivity contribution in [2.75, 3.05) is 7.11 Å². The van der Waals surface area contributed by atoms with Crippen molar-refractivity contribution in [2.45, 2.75) is 18.9 Å². The van der Waals surface area contributed by atoms with Crippen molar-refractivity contribution in [2.24, 2.45) is 5.73 Å². The number of rotatable bonds is 5. The zero-order chi connectivity index (χ0) is 12.1. The van der Waals surface area contributed by atoms with Crippen LogP contribution in [0.3, 0.4) is 0 Å². The molecule has 4 N–H and O–H groups in total. The van der Waals surface area contributed by atoms with Crippen LogP contribution in [0.4, 0.5) is 0 Å². The van der Waals surface area contributed by atoms with Crippen LogP contribution in [0.2, 0.25) is 0 Å². The summed E-state index contributed by atoms with van der Waals surface area (Å²) >= 11 is 0. The van der Waals surface area contributed by atoms with E-state index >= 15 is 0 Å². The third kappa shape index (κ3) is 2.87. The first-order chi connectivity index (χ1) is 7.56. The lowest BCUT2D eigenvalue weighted by molar-refractivity contribution is -0.137. The zero-order valence-electron chi connectivity index (χ0n) is 9.01. The minimum atomic E-state index is -0.912. The summed E-state index contributed by atoms with van der Waals surface area (Å²) in [6.45, 7) is 0. The molecule has 1 aromatic rings. The van der Waals surface area contributed by atoms with Crippen LogP contribution in [-0.4, -0.2) is 23.3 Å². The number of phenolic OH excluding ortho intramolecular Hbond substituents is 1. The van der Waals surface area contributed by atoms with E-state index in [1.807, 2.05) is 0 Å². The Bertz CT molecular complexity index is 378. The molecule has 0 aliphatic carbocycles. The summed E-state index contributed by atoms with van der Waals surface area (Å²) in [4.78, 5) is 10.4. The Kier molecular flexibility index (Phi) is 4.13. The van der Waals surface area contributed by atoms with Crippen molar-refractivity contribution < 1.29 is 19.7 Å². The fourth-order valence-electron chi connectivity index (χ4n) is 1.51. The second-order valence-corrected chi connectivity index (χ2v) is 3.43. The number of carboxylic acid groups (broad SMARTS) is 1. The highest BCUT2D eigenvalue weighted by Crippen LogP contribution is 2.33. The number of carboxylic acids is 1. The van der Waals surface area contributed by atoms with E-state index in [1.54, 1.807) is 12.1 Å². The van der Waals surface area contributed by atoms with Gasteiger partial charge in [-0.3, -0.25) is 4.79 Å². The Morgan fingerprint density at radius 2 is 2.25 bits per heavy atom. The van der Waals surface area contributed by atoms with E-state index in [4.69, 9.17) is 15.6 Å². The molecular formula is C11H15NO4. The summed E-state index contributed by atoms with van der Waals surface area (Å²) < 4.78 is 5.07. The Hall–Kier alpha value is -1.75. The van der Waals surface area contributed by atoms with Gasteiger partial charge >= 0.3 is 5.97 Å². The van der Waals surface area contributed by atoms with E-state index in [0.29, 0.717) is 11.3 Å². The van der Waals surface area contributed by atoms with Crippen LogP contribution in [-0.2, 0) is 4.79 Å². The number of aliphatic carboxylic acids is 1. The van der Waals surface area contributed by atoms with Gasteiger partial charge in [0.1, 0.15) is 11.5 Å². The summed E-state index contributed by atoms with van der Waals surface area (Å²) in [5.74, 6) is -0.417. The first-order valence-electron chi connectivity index (χ1n) is 4.89. The smallest absolute Gasteiger partial charge is 0.303 e. The van der Waals surface area contributed by atoms with Gasteiger partial charge in [0.05, 0.1) is 12.7 Å². The fourth-order valence-corrected chi connectivity index (χ4v) is 1.51. The summed E-state index contributed by atoms with van der Waals surface area (Å²) in [6, 6.07) is 4.27. The van der Waals surface area contributed by atoms with E-state index in [2.05, 4.69) is 0 Å². The highest BCUT2D eigenvalue weighted by atomic mass is 16.5. The third-order valence-corrected chi connectivity index (χ3v) is 2.30. The summed E-state index contributed by atoms with van der Waals surface area (Å²) in [6.07, 6.45) is 0.210. The molecular weight excluding hydrogens is 210 g/mol. The normalized spacial score (nSPS) is 12.1. The number of ether oxygens (including phenoxy) is 1. The molecule has 16 heavy (non-hydrogen) atoms. The summed E-state index contributed by atoms with van der Waals surface area (Å²) in [7, 11) is 1.47. The van der Waals surface area contributed by atoms with Crippen molar-refractivity contribution in [3.8, 4) is 11.5 Å². The van der Waals surface area contributed by atoms with Gasteiger partial charge < -0.3 is 20.7 Å². The molecule has 0 fully saturated rings. The molecule has 0 spiro atoms. The van der Waals surface area contributed by atoms with Gasteiger partial charge in [-0.2, -0.15) is 0 Å². The maximum absolute atomic E-state index is 10.4. The van der Waals surface area contributed by atoms with Crippen molar-refractivity contribution in [1.82, 2.24) is 0 Å². The van der Waals surface area contributed by atoms with Crippen LogP contribution in [0.5, 0.6) is 11.5 Å². The summed E-state index contributed by atoms with van der Waals surface area (Å²) in [5, 5.41) is 18.2. The summed E-state index contributed by atoms with van der Waals surface area (Å²) in [5.41, 5.74) is 6.27. The van der Waals surface area contributed by atoms with Crippen molar-refractivity contribution in [3.63, 3.8) is 0 Å². The lowest BCUT2D eigenvalue weighted by atomic mass is 10.0. The molecule has 0 amide bonds. The lowest BCUT2D eigenvalue weighted by Crippen LogP contribution is -2.13. The quantitative estimate of drug-likeness (QED) is 0.701. The number of hydrogen-bond acceptors (Lipinski definition) is 4. The van der Waals surface area contributed by atoms with Crippen LogP contribution < -0.4 is 10.5 Å².